The van der Waals surface area contributed by atoms with E-state index in [1.165, 1.54) is 0 Å². The molecule has 0 bridgehead atoms. The summed E-state index contributed by atoms with van der Waals surface area (Å²) >= 11 is 0. The molecule has 120 valence electrons. The van der Waals surface area contributed by atoms with Crippen LogP contribution < -0.4 is 9.26 Å². The van der Waals surface area contributed by atoms with E-state index >= 15 is 0 Å². The van der Waals surface area contributed by atoms with Gasteiger partial charge in [0.05, 0.1) is 10.6 Å². The molecule has 7 heteroatoms. The third kappa shape index (κ3) is 4.30. The van der Waals surface area contributed by atoms with E-state index in [4.69, 9.17) is 9.26 Å². The summed E-state index contributed by atoms with van der Waals surface area (Å²) in [6.07, 6.45) is 2.01. The molecular formula is C16H15O5PS. The van der Waals surface area contributed by atoms with Crippen molar-refractivity contribution < 1.29 is 22.2 Å². The molecule has 23 heavy (non-hydrogen) atoms. The predicted molar refractivity (Wildman–Crippen MR) is 86.0 cm³/mol. The highest BCUT2D eigenvalue weighted by Gasteiger charge is 2.28. The van der Waals surface area contributed by atoms with Gasteiger partial charge in [-0.25, -0.2) is 13.0 Å². The Hall–Kier alpha value is -1.91. The standard InChI is InChI=1S/C16H15O5PS/c17-22-21-15-5-3-13(4-6-15)20-14-7-9-16(10-8-14)23(18,19)11-12-1-2-12/h3-10,12H,1-2,11H2. The summed E-state index contributed by atoms with van der Waals surface area (Å²) in [5, 5.41) is 0. The highest BCUT2D eigenvalue weighted by atomic mass is 32.2. The topological polar surface area (TPSA) is 69.7 Å². The molecule has 0 unspecified atom stereocenters. The summed E-state index contributed by atoms with van der Waals surface area (Å²) in [6.45, 7) is 0. The first-order valence-corrected chi connectivity index (χ1v) is 9.55. The molecule has 0 spiro atoms. The number of rotatable bonds is 7. The molecule has 0 amide bonds. The van der Waals surface area contributed by atoms with Gasteiger partial charge in [-0.2, -0.15) is 0 Å². The highest BCUT2D eigenvalue weighted by Crippen LogP contribution is 2.33. The zero-order chi connectivity index (χ0) is 16.3. The smallest absolute Gasteiger partial charge is 0.395 e. The van der Waals surface area contributed by atoms with E-state index in [0.717, 1.165) is 12.8 Å². The van der Waals surface area contributed by atoms with Crippen LogP contribution in [0.1, 0.15) is 12.8 Å². The molecule has 0 saturated heterocycles. The van der Waals surface area contributed by atoms with Crippen LogP contribution in [0.15, 0.2) is 53.4 Å². The van der Waals surface area contributed by atoms with E-state index < -0.39 is 18.5 Å². The van der Waals surface area contributed by atoms with Gasteiger partial charge in [0, 0.05) is 0 Å². The molecule has 3 rings (SSSR count). The Morgan fingerprint density at radius 2 is 1.43 bits per heavy atom. The van der Waals surface area contributed by atoms with Crippen LogP contribution in [-0.4, -0.2) is 14.2 Å². The van der Waals surface area contributed by atoms with Crippen molar-refractivity contribution in [1.82, 2.24) is 0 Å². The van der Waals surface area contributed by atoms with E-state index in [1.807, 2.05) is 0 Å². The highest BCUT2D eigenvalue weighted by molar-refractivity contribution is 7.91. The van der Waals surface area contributed by atoms with E-state index in [1.54, 1.807) is 48.5 Å². The molecule has 0 aliphatic heterocycles. The SMILES string of the molecule is O=POc1ccc(Oc2ccc(S(=O)(=O)CC3CC3)cc2)cc1. The van der Waals surface area contributed by atoms with Crippen molar-refractivity contribution in [3.05, 3.63) is 48.5 Å². The lowest BCUT2D eigenvalue weighted by atomic mass is 10.3. The fourth-order valence-corrected chi connectivity index (χ4v) is 4.06. The Labute approximate surface area is 136 Å². The maximum Gasteiger partial charge on any atom is 0.395 e. The minimum atomic E-state index is -3.20. The van der Waals surface area contributed by atoms with Crippen LogP contribution in [-0.2, 0) is 14.4 Å². The van der Waals surface area contributed by atoms with Crippen molar-refractivity contribution in [1.29, 1.82) is 0 Å². The van der Waals surface area contributed by atoms with Gasteiger partial charge in [0.1, 0.15) is 17.2 Å². The lowest BCUT2D eigenvalue weighted by molar-refractivity contribution is 0.480. The van der Waals surface area contributed by atoms with Crippen molar-refractivity contribution >= 4 is 18.5 Å². The Balaban J connectivity index is 1.68. The average molecular weight is 350 g/mol. The van der Waals surface area contributed by atoms with Gasteiger partial charge in [0.2, 0.25) is 0 Å². The Morgan fingerprint density at radius 3 is 1.96 bits per heavy atom. The zero-order valence-corrected chi connectivity index (χ0v) is 13.9. The van der Waals surface area contributed by atoms with Gasteiger partial charge >= 0.3 is 8.69 Å². The van der Waals surface area contributed by atoms with Gasteiger partial charge in [-0.15, -0.1) is 0 Å². The first-order chi connectivity index (χ1) is 11.1. The second kappa shape index (κ2) is 6.69. The van der Waals surface area contributed by atoms with Crippen LogP contribution in [0, 0.1) is 5.92 Å². The maximum absolute atomic E-state index is 12.2. The Morgan fingerprint density at radius 1 is 0.913 bits per heavy atom. The molecule has 1 aliphatic rings. The van der Waals surface area contributed by atoms with Gasteiger partial charge in [-0.1, -0.05) is 0 Å². The first-order valence-electron chi connectivity index (χ1n) is 7.17. The van der Waals surface area contributed by atoms with Gasteiger partial charge in [0.25, 0.3) is 0 Å². The monoisotopic (exact) mass is 350 g/mol. The molecule has 0 atom stereocenters. The molecule has 2 aromatic carbocycles. The second-order valence-corrected chi connectivity index (χ2v) is 7.80. The second-order valence-electron chi connectivity index (χ2n) is 5.44. The molecule has 5 nitrogen and oxygen atoms in total. The fourth-order valence-electron chi connectivity index (χ4n) is 2.15. The summed E-state index contributed by atoms with van der Waals surface area (Å²) in [5.74, 6) is 2.15. The van der Waals surface area contributed by atoms with E-state index in [9.17, 15) is 13.0 Å². The first kappa shape index (κ1) is 16.0. The third-order valence-corrected chi connectivity index (χ3v) is 5.72. The number of ether oxygens (including phenoxy) is 1. The van der Waals surface area contributed by atoms with Crippen LogP contribution in [0.2, 0.25) is 0 Å². The van der Waals surface area contributed by atoms with Crippen LogP contribution in [0.4, 0.5) is 0 Å². The van der Waals surface area contributed by atoms with E-state index in [0.29, 0.717) is 28.1 Å². The van der Waals surface area contributed by atoms with Crippen molar-refractivity contribution in [2.75, 3.05) is 5.75 Å². The molecule has 1 saturated carbocycles. The van der Waals surface area contributed by atoms with Crippen LogP contribution in [0.3, 0.4) is 0 Å². The largest absolute Gasteiger partial charge is 0.457 e. The summed E-state index contributed by atoms with van der Waals surface area (Å²) in [6, 6.07) is 13.0. The summed E-state index contributed by atoms with van der Waals surface area (Å²) in [5.41, 5.74) is 0. The molecule has 0 radical (unpaired) electrons. The zero-order valence-electron chi connectivity index (χ0n) is 12.2. The van der Waals surface area contributed by atoms with Crippen molar-refractivity contribution in [3.63, 3.8) is 0 Å². The predicted octanol–water partition coefficient (Wildman–Crippen LogP) is 4.25. The number of sulfone groups is 1. The Kier molecular flexibility index (Phi) is 4.64. The fraction of sp³-hybridized carbons (Fsp3) is 0.250. The van der Waals surface area contributed by atoms with Gasteiger partial charge in [0.15, 0.2) is 9.84 Å². The maximum atomic E-state index is 12.2. The summed E-state index contributed by atoms with van der Waals surface area (Å²) in [7, 11) is -3.61. The Bertz CT molecular complexity index is 780. The van der Waals surface area contributed by atoms with Crippen LogP contribution >= 0.6 is 8.69 Å². The van der Waals surface area contributed by atoms with Gasteiger partial charge in [-0.05, 0) is 67.3 Å². The van der Waals surface area contributed by atoms with Gasteiger partial charge < -0.3 is 9.26 Å². The van der Waals surface area contributed by atoms with E-state index in [2.05, 4.69) is 0 Å². The molecular weight excluding hydrogens is 335 g/mol. The number of hydrogen-bond acceptors (Lipinski definition) is 5. The number of benzene rings is 2. The molecule has 0 N–H and O–H groups in total. The average Bonchev–Trinajstić information content (AvgIpc) is 3.33. The quantitative estimate of drug-likeness (QED) is 0.698. The van der Waals surface area contributed by atoms with Gasteiger partial charge in [-0.3, -0.25) is 0 Å². The minimum absolute atomic E-state index is 0.230. The van der Waals surface area contributed by atoms with Crippen LogP contribution in [0.25, 0.3) is 0 Å². The molecule has 1 fully saturated rings. The van der Waals surface area contributed by atoms with Crippen molar-refractivity contribution in [2.45, 2.75) is 17.7 Å². The lowest BCUT2D eigenvalue weighted by Gasteiger charge is -2.08. The van der Waals surface area contributed by atoms with Crippen LogP contribution in [0.5, 0.6) is 17.2 Å². The summed E-state index contributed by atoms with van der Waals surface area (Å²) < 4.78 is 45.1. The molecule has 1 aliphatic carbocycles. The van der Waals surface area contributed by atoms with Crippen molar-refractivity contribution in [2.24, 2.45) is 5.92 Å². The normalized spacial score (nSPS) is 14.6. The van der Waals surface area contributed by atoms with E-state index in [-0.39, 0.29) is 5.75 Å². The third-order valence-electron chi connectivity index (χ3n) is 3.54. The molecule has 0 heterocycles. The lowest BCUT2D eigenvalue weighted by Crippen LogP contribution is -2.08. The molecule has 2 aromatic rings. The number of hydrogen-bond donors (Lipinski definition) is 0. The summed E-state index contributed by atoms with van der Waals surface area (Å²) in [4.78, 5) is 0.329. The minimum Gasteiger partial charge on any atom is -0.457 e. The van der Waals surface area contributed by atoms with Crippen molar-refractivity contribution in [3.8, 4) is 17.2 Å². The molecule has 0 aromatic heterocycles.